The van der Waals surface area contributed by atoms with Gasteiger partial charge in [0.25, 0.3) is 0 Å². The second-order valence-corrected chi connectivity index (χ2v) is 6.52. The number of hydrogen-bond acceptors (Lipinski definition) is 4. The molecule has 1 N–H and O–H groups in total. The number of hydrogen-bond donors (Lipinski definition) is 1. The van der Waals surface area contributed by atoms with Crippen molar-refractivity contribution in [3.8, 4) is 11.3 Å². The summed E-state index contributed by atoms with van der Waals surface area (Å²) < 4.78 is 11.2. The summed E-state index contributed by atoms with van der Waals surface area (Å²) in [5.74, 6) is 0.727. The van der Waals surface area contributed by atoms with E-state index in [-0.39, 0.29) is 5.76 Å². The molecule has 2 heterocycles. The Bertz CT molecular complexity index is 1130. The molecule has 0 aliphatic heterocycles. The third-order valence-electron chi connectivity index (χ3n) is 3.83. The Labute approximate surface area is 164 Å². The van der Waals surface area contributed by atoms with Crippen LogP contribution in [0.3, 0.4) is 0 Å². The molecule has 0 aliphatic rings. The molecule has 0 spiro atoms. The summed E-state index contributed by atoms with van der Waals surface area (Å²) in [6, 6.07) is 17.6. The average molecular weight is 399 g/mol. The van der Waals surface area contributed by atoms with Gasteiger partial charge in [-0.05, 0) is 42.5 Å². The van der Waals surface area contributed by atoms with Gasteiger partial charge in [0.2, 0.25) is 0 Å². The molecule has 0 aliphatic carbocycles. The first kappa shape index (κ1) is 17.4. The lowest BCUT2D eigenvalue weighted by Crippen LogP contribution is -2.16. The van der Waals surface area contributed by atoms with E-state index in [1.807, 2.05) is 18.2 Å². The van der Waals surface area contributed by atoms with Crippen LogP contribution in [0.1, 0.15) is 16.3 Å². The zero-order valence-corrected chi connectivity index (χ0v) is 15.3. The number of rotatable bonds is 4. The van der Waals surface area contributed by atoms with Crippen LogP contribution in [-0.4, -0.2) is 12.1 Å². The lowest BCUT2D eigenvalue weighted by molar-refractivity contribution is 0.0929. The van der Waals surface area contributed by atoms with Crippen molar-refractivity contribution >= 4 is 46.3 Å². The van der Waals surface area contributed by atoms with E-state index in [0.29, 0.717) is 32.7 Å². The van der Waals surface area contributed by atoms with E-state index >= 15 is 0 Å². The summed E-state index contributed by atoms with van der Waals surface area (Å²) in [6.07, 6.45) is 1.39. The zero-order chi connectivity index (χ0) is 18.8. The van der Waals surface area contributed by atoms with Crippen LogP contribution in [0.15, 0.2) is 74.6 Å². The summed E-state index contributed by atoms with van der Waals surface area (Å²) >= 11 is 12.2. The van der Waals surface area contributed by atoms with Crippen molar-refractivity contribution in [2.45, 2.75) is 0 Å². The van der Waals surface area contributed by atoms with Crippen molar-refractivity contribution in [2.24, 2.45) is 5.10 Å². The Morgan fingerprint density at radius 3 is 2.70 bits per heavy atom. The topological polar surface area (TPSA) is 67.7 Å². The highest BCUT2D eigenvalue weighted by atomic mass is 35.5. The van der Waals surface area contributed by atoms with E-state index in [1.165, 1.54) is 6.21 Å². The molecule has 5 nitrogen and oxygen atoms in total. The first-order valence-corrected chi connectivity index (χ1v) is 8.73. The van der Waals surface area contributed by atoms with Crippen LogP contribution in [0.5, 0.6) is 0 Å². The second kappa shape index (κ2) is 7.31. The van der Waals surface area contributed by atoms with Gasteiger partial charge in [-0.25, -0.2) is 5.43 Å². The summed E-state index contributed by atoms with van der Waals surface area (Å²) in [7, 11) is 0. The number of hydrazone groups is 1. The van der Waals surface area contributed by atoms with Crippen LogP contribution in [0, 0.1) is 0 Å². The molecular weight excluding hydrogens is 387 g/mol. The van der Waals surface area contributed by atoms with Gasteiger partial charge >= 0.3 is 5.91 Å². The van der Waals surface area contributed by atoms with Crippen LogP contribution in [0.25, 0.3) is 22.3 Å². The van der Waals surface area contributed by atoms with E-state index in [4.69, 9.17) is 32.0 Å². The third-order valence-corrected chi connectivity index (χ3v) is 4.39. The Hall–Kier alpha value is -3.02. The normalized spacial score (nSPS) is 11.3. The Morgan fingerprint density at radius 2 is 1.85 bits per heavy atom. The molecule has 0 bridgehead atoms. The molecule has 0 saturated heterocycles. The number of carbonyl (C=O) groups excluding carboxylic acids is 1. The Balaban J connectivity index is 1.46. The number of nitrogens with zero attached hydrogens (tertiary/aromatic N) is 1. The first-order chi connectivity index (χ1) is 13.1. The summed E-state index contributed by atoms with van der Waals surface area (Å²) in [4.78, 5) is 12.1. The van der Waals surface area contributed by atoms with E-state index in [1.54, 1.807) is 42.5 Å². The zero-order valence-electron chi connectivity index (χ0n) is 13.8. The molecule has 1 amide bonds. The number of fused-ring (bicyclic) bond motifs is 1. The molecule has 4 aromatic rings. The van der Waals surface area contributed by atoms with Gasteiger partial charge in [-0.2, -0.15) is 5.10 Å². The predicted octanol–water partition coefficient (Wildman–Crippen LogP) is 5.76. The smallest absolute Gasteiger partial charge is 0.307 e. The van der Waals surface area contributed by atoms with Gasteiger partial charge in [0, 0.05) is 16.0 Å². The molecule has 0 unspecified atom stereocenters. The number of benzene rings is 2. The summed E-state index contributed by atoms with van der Waals surface area (Å²) in [6.45, 7) is 0. The molecule has 2 aromatic carbocycles. The van der Waals surface area contributed by atoms with Crippen molar-refractivity contribution in [1.29, 1.82) is 0 Å². The monoisotopic (exact) mass is 398 g/mol. The minimum atomic E-state index is -0.452. The largest absolute Gasteiger partial charge is 0.455 e. The van der Waals surface area contributed by atoms with Crippen molar-refractivity contribution in [3.05, 3.63) is 82.2 Å². The van der Waals surface area contributed by atoms with E-state index in [0.717, 1.165) is 5.39 Å². The van der Waals surface area contributed by atoms with Crippen molar-refractivity contribution in [2.75, 3.05) is 0 Å². The number of nitrogens with one attached hydrogen (secondary N) is 1. The number of halogens is 2. The Morgan fingerprint density at radius 1 is 1.00 bits per heavy atom. The SMILES string of the molecule is O=C(N/N=C/c1ccc(-c2cc(Cl)ccc2Cl)o1)c1cc2ccccc2o1. The molecule has 27 heavy (non-hydrogen) atoms. The van der Waals surface area contributed by atoms with Gasteiger partial charge in [-0.3, -0.25) is 4.79 Å². The van der Waals surface area contributed by atoms with Gasteiger partial charge < -0.3 is 8.83 Å². The van der Waals surface area contributed by atoms with Crippen LogP contribution in [0.4, 0.5) is 0 Å². The minimum Gasteiger partial charge on any atom is -0.455 e. The number of furan rings is 2. The molecular formula is C20H12Cl2N2O3. The standard InChI is InChI=1S/C20H12Cl2N2O3/c21-13-5-7-16(22)15(10-13)18-8-6-14(26-18)11-23-24-20(25)19-9-12-3-1-2-4-17(12)27-19/h1-11H,(H,24,25)/b23-11+. The van der Waals surface area contributed by atoms with E-state index < -0.39 is 5.91 Å². The fraction of sp³-hybridized carbons (Fsp3) is 0. The number of amides is 1. The molecule has 0 saturated carbocycles. The van der Waals surface area contributed by atoms with Crippen LogP contribution >= 0.6 is 23.2 Å². The highest BCUT2D eigenvalue weighted by Crippen LogP contribution is 2.31. The van der Waals surface area contributed by atoms with Gasteiger partial charge in [0.1, 0.15) is 17.1 Å². The molecule has 0 atom stereocenters. The summed E-state index contributed by atoms with van der Waals surface area (Å²) in [5, 5.41) is 5.82. The second-order valence-electron chi connectivity index (χ2n) is 5.67. The van der Waals surface area contributed by atoms with Gasteiger partial charge in [0.05, 0.1) is 11.2 Å². The van der Waals surface area contributed by atoms with E-state index in [2.05, 4.69) is 10.5 Å². The number of para-hydroxylation sites is 1. The fourth-order valence-electron chi connectivity index (χ4n) is 2.56. The maximum Gasteiger partial charge on any atom is 0.307 e. The number of carbonyl (C=O) groups is 1. The quantitative estimate of drug-likeness (QED) is 0.350. The highest BCUT2D eigenvalue weighted by molar-refractivity contribution is 6.35. The van der Waals surface area contributed by atoms with E-state index in [9.17, 15) is 4.79 Å². The highest BCUT2D eigenvalue weighted by Gasteiger charge is 2.12. The van der Waals surface area contributed by atoms with Crippen molar-refractivity contribution in [1.82, 2.24) is 5.43 Å². The lowest BCUT2D eigenvalue weighted by Gasteiger charge is -2.00. The predicted molar refractivity (Wildman–Crippen MR) is 105 cm³/mol. The van der Waals surface area contributed by atoms with Gasteiger partial charge in [0.15, 0.2) is 5.76 Å². The van der Waals surface area contributed by atoms with Gasteiger partial charge in [-0.15, -0.1) is 0 Å². The molecule has 0 radical (unpaired) electrons. The Kier molecular flexibility index (Phi) is 4.71. The maximum absolute atomic E-state index is 12.1. The molecule has 2 aromatic heterocycles. The van der Waals surface area contributed by atoms with Gasteiger partial charge in [-0.1, -0.05) is 41.4 Å². The first-order valence-electron chi connectivity index (χ1n) is 7.97. The fourth-order valence-corrected chi connectivity index (χ4v) is 2.94. The van der Waals surface area contributed by atoms with Crippen LogP contribution < -0.4 is 5.43 Å². The molecule has 0 fully saturated rings. The average Bonchev–Trinajstić information content (AvgIpc) is 3.30. The summed E-state index contributed by atoms with van der Waals surface area (Å²) in [5.41, 5.74) is 3.72. The van der Waals surface area contributed by atoms with Crippen molar-refractivity contribution < 1.29 is 13.6 Å². The molecule has 134 valence electrons. The van der Waals surface area contributed by atoms with Crippen LogP contribution in [-0.2, 0) is 0 Å². The molecule has 7 heteroatoms. The molecule has 4 rings (SSSR count). The lowest BCUT2D eigenvalue weighted by atomic mass is 10.2. The minimum absolute atomic E-state index is 0.180. The van der Waals surface area contributed by atoms with Crippen molar-refractivity contribution in [3.63, 3.8) is 0 Å². The maximum atomic E-state index is 12.1. The third kappa shape index (κ3) is 3.74. The van der Waals surface area contributed by atoms with Crippen LogP contribution in [0.2, 0.25) is 10.0 Å².